The van der Waals surface area contributed by atoms with E-state index in [-0.39, 0.29) is 17.7 Å². The van der Waals surface area contributed by atoms with Gasteiger partial charge in [-0.1, -0.05) is 152 Å². The molecule has 1 heterocycles. The smallest absolute Gasteiger partial charge is 0.123 e. The molecule has 264 valence electrons. The number of piperazine rings is 1. The summed E-state index contributed by atoms with van der Waals surface area (Å²) in [5.74, 6) is -0.488. The van der Waals surface area contributed by atoms with E-state index in [1.165, 1.54) is 51.7 Å². The Morgan fingerprint density at radius 2 is 1.10 bits per heavy atom. The van der Waals surface area contributed by atoms with Crippen LogP contribution in [0.25, 0.3) is 22.9 Å². The molecule has 6 aromatic rings. The predicted octanol–water partition coefficient (Wildman–Crippen LogP) is 10.4. The topological polar surface area (TPSA) is 9.72 Å². The van der Waals surface area contributed by atoms with Crippen molar-refractivity contribution in [2.45, 2.75) is 12.6 Å². The lowest BCUT2D eigenvalue weighted by atomic mass is 9.96. The number of fused-ring (bicyclic) bond motifs is 1. The molecule has 1 aliphatic rings. The van der Waals surface area contributed by atoms with Crippen LogP contribution in [0.5, 0.6) is 0 Å². The van der Waals surface area contributed by atoms with E-state index < -0.39 is 0 Å². The molecular weight excluding hydrogens is 645 g/mol. The number of nitrogens with zero attached hydrogens (tertiary/aromatic N) is 3. The third-order valence-electron chi connectivity index (χ3n) is 9.46. The molecule has 0 atom stereocenters. The minimum Gasteiger partial charge on any atom is -0.298 e. The molecule has 0 saturated carbocycles. The fourth-order valence-corrected chi connectivity index (χ4v) is 6.73. The molecular formula is C47H47F2N3. The third-order valence-corrected chi connectivity index (χ3v) is 9.46. The van der Waals surface area contributed by atoms with Crippen molar-refractivity contribution in [1.82, 2.24) is 14.7 Å². The van der Waals surface area contributed by atoms with Crippen molar-refractivity contribution < 1.29 is 8.78 Å². The summed E-state index contributed by atoms with van der Waals surface area (Å²) in [5, 5.41) is 2.66. The number of halogens is 2. The summed E-state index contributed by atoms with van der Waals surface area (Å²) in [5.41, 5.74) is 5.90. The van der Waals surface area contributed by atoms with E-state index in [0.29, 0.717) is 0 Å². The molecule has 52 heavy (non-hydrogen) atoms. The summed E-state index contributed by atoms with van der Waals surface area (Å²) in [6.07, 6.45) is 8.77. The molecule has 0 aromatic heterocycles. The molecule has 1 aliphatic heterocycles. The zero-order valence-electron chi connectivity index (χ0n) is 29.9. The van der Waals surface area contributed by atoms with Gasteiger partial charge in [0.2, 0.25) is 0 Å². The maximum Gasteiger partial charge on any atom is 0.123 e. The molecule has 0 unspecified atom stereocenters. The Bertz CT molecular complexity index is 1950. The van der Waals surface area contributed by atoms with Crippen molar-refractivity contribution in [3.05, 3.63) is 203 Å². The highest BCUT2D eigenvalue weighted by molar-refractivity contribution is 5.85. The molecule has 0 aliphatic carbocycles. The second-order valence-corrected chi connectivity index (χ2v) is 13.3. The Morgan fingerprint density at radius 3 is 1.69 bits per heavy atom. The summed E-state index contributed by atoms with van der Waals surface area (Å²) in [4.78, 5) is 7.17. The Hall–Kier alpha value is -5.20. The number of hydrogen-bond acceptors (Lipinski definition) is 3. The number of hydrogen-bond donors (Lipinski definition) is 0. The van der Waals surface area contributed by atoms with Gasteiger partial charge in [-0.05, 0) is 69.9 Å². The zero-order valence-corrected chi connectivity index (χ0v) is 29.9. The summed E-state index contributed by atoms with van der Waals surface area (Å²) in [6, 6.07) is 49.2. The normalized spacial score (nSPS) is 14.0. The summed E-state index contributed by atoms with van der Waals surface area (Å²) < 4.78 is 26.9. The minimum absolute atomic E-state index is 0.00629. The molecule has 1 fully saturated rings. The Kier molecular flexibility index (Phi) is 13.3. The van der Waals surface area contributed by atoms with Crippen molar-refractivity contribution in [2.75, 3.05) is 46.3 Å². The second-order valence-electron chi connectivity index (χ2n) is 13.3. The van der Waals surface area contributed by atoms with Crippen LogP contribution in [0.15, 0.2) is 164 Å². The average Bonchev–Trinajstić information content (AvgIpc) is 3.18. The van der Waals surface area contributed by atoms with Crippen LogP contribution in [0.4, 0.5) is 8.78 Å². The minimum atomic E-state index is -0.244. The van der Waals surface area contributed by atoms with Gasteiger partial charge in [0.1, 0.15) is 11.6 Å². The first kappa shape index (κ1) is 36.6. The number of benzene rings is 6. The lowest BCUT2D eigenvalue weighted by Gasteiger charge is -2.39. The fourth-order valence-electron chi connectivity index (χ4n) is 6.73. The van der Waals surface area contributed by atoms with Crippen LogP contribution in [0.2, 0.25) is 0 Å². The van der Waals surface area contributed by atoms with Crippen LogP contribution < -0.4 is 0 Å². The first-order valence-electron chi connectivity index (χ1n) is 18.1. The van der Waals surface area contributed by atoms with Gasteiger partial charge in [-0.3, -0.25) is 14.7 Å². The maximum atomic E-state index is 13.5. The van der Waals surface area contributed by atoms with E-state index in [1.807, 2.05) is 48.5 Å². The van der Waals surface area contributed by atoms with E-state index in [2.05, 4.69) is 125 Å². The maximum absolute atomic E-state index is 13.5. The van der Waals surface area contributed by atoms with Gasteiger partial charge >= 0.3 is 0 Å². The molecule has 3 nitrogen and oxygen atoms in total. The van der Waals surface area contributed by atoms with Crippen molar-refractivity contribution in [3.63, 3.8) is 0 Å². The molecule has 5 heteroatoms. The fraction of sp³-hybridized carbons (Fsp3) is 0.191. The van der Waals surface area contributed by atoms with Gasteiger partial charge in [-0.25, -0.2) is 8.78 Å². The summed E-state index contributed by atoms with van der Waals surface area (Å²) >= 11 is 0. The highest BCUT2D eigenvalue weighted by atomic mass is 19.1. The van der Waals surface area contributed by atoms with Gasteiger partial charge in [-0.2, -0.15) is 0 Å². The first-order valence-corrected chi connectivity index (χ1v) is 18.1. The zero-order chi connectivity index (χ0) is 36.0. The van der Waals surface area contributed by atoms with Gasteiger partial charge in [-0.15, -0.1) is 0 Å². The molecule has 0 radical (unpaired) electrons. The average molecular weight is 692 g/mol. The lowest BCUT2D eigenvalue weighted by Crippen LogP contribution is -2.47. The molecule has 0 spiro atoms. The van der Waals surface area contributed by atoms with Crippen LogP contribution in [0.3, 0.4) is 0 Å². The Labute approximate surface area is 307 Å². The predicted molar refractivity (Wildman–Crippen MR) is 214 cm³/mol. The van der Waals surface area contributed by atoms with Crippen LogP contribution in [0, 0.1) is 11.6 Å². The van der Waals surface area contributed by atoms with Gasteiger partial charge in [0.05, 0.1) is 6.04 Å². The quantitative estimate of drug-likeness (QED) is 0.134. The van der Waals surface area contributed by atoms with Gasteiger partial charge < -0.3 is 0 Å². The van der Waals surface area contributed by atoms with E-state index in [4.69, 9.17) is 0 Å². The Morgan fingerprint density at radius 1 is 0.577 bits per heavy atom. The van der Waals surface area contributed by atoms with Crippen LogP contribution in [-0.2, 0) is 6.54 Å². The van der Waals surface area contributed by atoms with Crippen molar-refractivity contribution in [1.29, 1.82) is 0 Å². The Balaban J connectivity index is 0.000000187. The van der Waals surface area contributed by atoms with E-state index in [9.17, 15) is 8.78 Å². The summed E-state index contributed by atoms with van der Waals surface area (Å²) in [6.45, 7) is 6.53. The highest BCUT2D eigenvalue weighted by Crippen LogP contribution is 2.30. The standard InChI is InChI=1S/C26H26F2N2.C21H21N/c27-24-12-8-22(9-13-24)26(23-10-14-25(28)15-11-23)30-19-17-29(18-20-30)16-4-7-21-5-2-1-3-6-21;1-22(16-8-11-18-9-3-2-4-10-18)17-20-14-7-13-19-12-5-6-15-21(19)20/h1-15,26H,16-20H2;2-15H,16-17H2,1H3/b7-4+;11-8+. The molecule has 7 rings (SSSR count). The first-order chi connectivity index (χ1) is 25.5. The van der Waals surface area contributed by atoms with Crippen molar-refractivity contribution >= 4 is 22.9 Å². The van der Waals surface area contributed by atoms with Crippen LogP contribution in [-0.4, -0.2) is 61.0 Å². The molecule has 0 N–H and O–H groups in total. The SMILES string of the molecule is CN(C/C=C/c1ccccc1)Cc1cccc2ccccc12.Fc1ccc(C(c2ccc(F)cc2)N2CCN(C/C=C/c3ccccc3)CC2)cc1. The van der Waals surface area contributed by atoms with Crippen LogP contribution >= 0.6 is 0 Å². The largest absolute Gasteiger partial charge is 0.298 e. The number of rotatable bonds is 11. The van der Waals surface area contributed by atoms with E-state index >= 15 is 0 Å². The van der Waals surface area contributed by atoms with Gasteiger partial charge in [0.15, 0.2) is 0 Å². The molecule has 0 bridgehead atoms. The highest BCUT2D eigenvalue weighted by Gasteiger charge is 2.26. The lowest BCUT2D eigenvalue weighted by molar-refractivity contribution is 0.118. The van der Waals surface area contributed by atoms with Gasteiger partial charge in [0, 0.05) is 45.8 Å². The van der Waals surface area contributed by atoms with E-state index in [1.54, 1.807) is 0 Å². The second kappa shape index (κ2) is 18.9. The third kappa shape index (κ3) is 10.7. The van der Waals surface area contributed by atoms with Crippen molar-refractivity contribution in [3.8, 4) is 0 Å². The molecule has 0 amide bonds. The van der Waals surface area contributed by atoms with E-state index in [0.717, 1.165) is 56.9 Å². The summed E-state index contributed by atoms with van der Waals surface area (Å²) in [7, 11) is 2.16. The van der Waals surface area contributed by atoms with Crippen molar-refractivity contribution in [2.24, 2.45) is 0 Å². The van der Waals surface area contributed by atoms with Crippen LogP contribution in [0.1, 0.15) is 33.9 Å². The number of likely N-dealkylation sites (N-methyl/N-ethyl adjacent to an activating group) is 1. The molecule has 6 aromatic carbocycles. The molecule has 1 saturated heterocycles. The monoisotopic (exact) mass is 691 g/mol. The van der Waals surface area contributed by atoms with Gasteiger partial charge in [0.25, 0.3) is 0 Å².